The van der Waals surface area contributed by atoms with Crippen molar-refractivity contribution in [2.24, 2.45) is 0 Å². The van der Waals surface area contributed by atoms with Crippen molar-refractivity contribution in [1.82, 2.24) is 0 Å². The summed E-state index contributed by atoms with van der Waals surface area (Å²) in [4.78, 5) is 0. The Hall–Kier alpha value is -1.52. The van der Waals surface area contributed by atoms with E-state index in [0.29, 0.717) is 37.2 Å². The van der Waals surface area contributed by atoms with E-state index in [9.17, 15) is 10.2 Å². The lowest BCUT2D eigenvalue weighted by atomic mass is 9.73. The number of rotatable bonds is 7. The van der Waals surface area contributed by atoms with Gasteiger partial charge in [0.1, 0.15) is 11.5 Å². The third-order valence-electron chi connectivity index (χ3n) is 3.77. The summed E-state index contributed by atoms with van der Waals surface area (Å²) >= 11 is 0. The Morgan fingerprint density at radius 2 is 1.25 bits per heavy atom. The Bertz CT molecular complexity index is 454. The normalized spacial score (nSPS) is 17.6. The average Bonchev–Trinajstić information content (AvgIpc) is 3.12. The highest BCUT2D eigenvalue weighted by Crippen LogP contribution is 2.47. The van der Waals surface area contributed by atoms with Crippen LogP contribution in [0, 0.1) is 0 Å². The van der Waals surface area contributed by atoms with Crippen molar-refractivity contribution in [2.45, 2.75) is 50.7 Å². The van der Waals surface area contributed by atoms with E-state index in [4.69, 9.17) is 8.83 Å². The summed E-state index contributed by atoms with van der Waals surface area (Å²) in [7, 11) is 0. The molecule has 2 unspecified atom stereocenters. The van der Waals surface area contributed by atoms with Gasteiger partial charge in [-0.1, -0.05) is 26.7 Å². The van der Waals surface area contributed by atoms with E-state index in [1.54, 1.807) is 24.3 Å². The molecule has 0 bridgehead atoms. The molecule has 20 heavy (non-hydrogen) atoms. The minimum atomic E-state index is -1.50. The molecular formula is C16H22O4. The van der Waals surface area contributed by atoms with Crippen LogP contribution in [-0.4, -0.2) is 10.2 Å². The SMILES string of the molecule is CCCC(O)(c1ccco1)C(O)(CCC)c1ccco1. The van der Waals surface area contributed by atoms with Gasteiger partial charge in [0.15, 0.2) is 11.2 Å². The highest BCUT2D eigenvalue weighted by molar-refractivity contribution is 5.23. The molecule has 0 amide bonds. The predicted molar refractivity (Wildman–Crippen MR) is 75.0 cm³/mol. The molecule has 2 heterocycles. The molecule has 2 aromatic rings. The zero-order valence-electron chi connectivity index (χ0n) is 12.0. The topological polar surface area (TPSA) is 66.7 Å². The van der Waals surface area contributed by atoms with Gasteiger partial charge in [0.2, 0.25) is 0 Å². The van der Waals surface area contributed by atoms with E-state index in [-0.39, 0.29) is 0 Å². The Labute approximate surface area is 119 Å². The van der Waals surface area contributed by atoms with Gasteiger partial charge in [-0.2, -0.15) is 0 Å². The van der Waals surface area contributed by atoms with Crippen molar-refractivity contribution in [3.8, 4) is 0 Å². The van der Waals surface area contributed by atoms with Gasteiger partial charge < -0.3 is 19.0 Å². The third-order valence-corrected chi connectivity index (χ3v) is 3.77. The van der Waals surface area contributed by atoms with Gasteiger partial charge in [-0.15, -0.1) is 0 Å². The van der Waals surface area contributed by atoms with Gasteiger partial charge in [0.05, 0.1) is 12.5 Å². The molecule has 4 heteroatoms. The first-order valence-corrected chi connectivity index (χ1v) is 7.11. The molecule has 2 atom stereocenters. The first-order valence-electron chi connectivity index (χ1n) is 7.11. The molecule has 110 valence electrons. The number of hydrogen-bond acceptors (Lipinski definition) is 4. The van der Waals surface area contributed by atoms with Gasteiger partial charge in [-0.25, -0.2) is 0 Å². The minimum Gasteiger partial charge on any atom is -0.466 e. The molecule has 0 saturated carbocycles. The Balaban J connectivity index is 2.53. The molecule has 0 fully saturated rings. The molecule has 2 rings (SSSR count). The largest absolute Gasteiger partial charge is 0.466 e. The zero-order valence-corrected chi connectivity index (χ0v) is 12.0. The first kappa shape index (κ1) is 14.9. The van der Waals surface area contributed by atoms with Crippen LogP contribution in [0.5, 0.6) is 0 Å². The third kappa shape index (κ3) is 2.30. The van der Waals surface area contributed by atoms with E-state index < -0.39 is 11.2 Å². The Morgan fingerprint density at radius 1 is 0.850 bits per heavy atom. The van der Waals surface area contributed by atoms with Crippen molar-refractivity contribution in [2.75, 3.05) is 0 Å². The van der Waals surface area contributed by atoms with Crippen LogP contribution in [0.4, 0.5) is 0 Å². The lowest BCUT2D eigenvalue weighted by molar-refractivity contribution is -0.192. The maximum atomic E-state index is 11.2. The van der Waals surface area contributed by atoms with Gasteiger partial charge in [0, 0.05) is 0 Å². The quantitative estimate of drug-likeness (QED) is 0.812. The number of aliphatic hydroxyl groups is 2. The maximum absolute atomic E-state index is 11.2. The van der Waals surface area contributed by atoms with Crippen LogP contribution < -0.4 is 0 Å². The summed E-state index contributed by atoms with van der Waals surface area (Å²) in [6.07, 6.45) is 5.21. The van der Waals surface area contributed by atoms with Crippen LogP contribution in [-0.2, 0) is 11.2 Å². The molecular weight excluding hydrogens is 256 g/mol. The molecule has 0 aliphatic carbocycles. The second-order valence-electron chi connectivity index (χ2n) is 5.18. The molecule has 0 radical (unpaired) electrons. The summed E-state index contributed by atoms with van der Waals surface area (Å²) in [5.74, 6) is 0.735. The van der Waals surface area contributed by atoms with Crippen molar-refractivity contribution in [1.29, 1.82) is 0 Å². The second kappa shape index (κ2) is 5.85. The van der Waals surface area contributed by atoms with Gasteiger partial charge in [0.25, 0.3) is 0 Å². The van der Waals surface area contributed by atoms with E-state index in [0.717, 1.165) is 0 Å². The van der Waals surface area contributed by atoms with Crippen molar-refractivity contribution < 1.29 is 19.0 Å². The van der Waals surface area contributed by atoms with Crippen LogP contribution in [0.2, 0.25) is 0 Å². The van der Waals surface area contributed by atoms with Crippen LogP contribution >= 0.6 is 0 Å². The monoisotopic (exact) mass is 278 g/mol. The van der Waals surface area contributed by atoms with Crippen LogP contribution in [0.1, 0.15) is 51.1 Å². The smallest absolute Gasteiger partial charge is 0.158 e. The average molecular weight is 278 g/mol. The Kier molecular flexibility index (Phi) is 4.35. The van der Waals surface area contributed by atoms with Gasteiger partial charge in [-0.3, -0.25) is 0 Å². The lowest BCUT2D eigenvalue weighted by Gasteiger charge is -2.41. The van der Waals surface area contributed by atoms with Gasteiger partial charge >= 0.3 is 0 Å². The van der Waals surface area contributed by atoms with E-state index >= 15 is 0 Å². The molecule has 2 N–H and O–H groups in total. The fraction of sp³-hybridized carbons (Fsp3) is 0.500. The minimum absolute atomic E-state index is 0.367. The Morgan fingerprint density at radius 3 is 1.50 bits per heavy atom. The van der Waals surface area contributed by atoms with Crippen LogP contribution in [0.3, 0.4) is 0 Å². The second-order valence-corrected chi connectivity index (χ2v) is 5.18. The summed E-state index contributed by atoms with van der Waals surface area (Å²) in [6.45, 7) is 3.92. The standard InChI is InChI=1S/C16H22O4/c1-3-9-15(17,13-7-5-11-19-13)16(18,10-4-2)14-8-6-12-20-14/h5-8,11-12,17-18H,3-4,9-10H2,1-2H3. The summed E-state index contributed by atoms with van der Waals surface area (Å²) in [5.41, 5.74) is -3.00. The molecule has 2 aromatic heterocycles. The van der Waals surface area contributed by atoms with Crippen LogP contribution in [0.15, 0.2) is 45.6 Å². The molecule has 0 spiro atoms. The molecule has 0 aliphatic rings. The van der Waals surface area contributed by atoms with E-state index in [1.807, 2.05) is 13.8 Å². The fourth-order valence-electron chi connectivity index (χ4n) is 2.82. The highest BCUT2D eigenvalue weighted by atomic mass is 16.4. The fourth-order valence-corrected chi connectivity index (χ4v) is 2.82. The summed E-state index contributed by atoms with van der Waals surface area (Å²) in [6, 6.07) is 6.81. The molecule has 0 saturated heterocycles. The first-order chi connectivity index (χ1) is 9.58. The van der Waals surface area contributed by atoms with Crippen molar-refractivity contribution in [3.05, 3.63) is 48.3 Å². The van der Waals surface area contributed by atoms with Crippen molar-refractivity contribution in [3.63, 3.8) is 0 Å². The number of hydrogen-bond donors (Lipinski definition) is 2. The molecule has 0 aliphatic heterocycles. The summed E-state index contributed by atoms with van der Waals surface area (Å²) < 4.78 is 10.8. The lowest BCUT2D eigenvalue weighted by Crippen LogP contribution is -2.49. The predicted octanol–water partition coefficient (Wildman–Crippen LogP) is 3.55. The zero-order chi connectivity index (χ0) is 14.6. The summed E-state index contributed by atoms with van der Waals surface area (Å²) in [5, 5.41) is 22.4. The van der Waals surface area contributed by atoms with E-state index in [1.165, 1.54) is 12.5 Å². The van der Waals surface area contributed by atoms with Crippen LogP contribution in [0.25, 0.3) is 0 Å². The van der Waals surface area contributed by atoms with E-state index in [2.05, 4.69) is 0 Å². The number of furan rings is 2. The highest BCUT2D eigenvalue weighted by Gasteiger charge is 2.54. The molecule has 4 nitrogen and oxygen atoms in total. The van der Waals surface area contributed by atoms with Crippen molar-refractivity contribution >= 4 is 0 Å². The van der Waals surface area contributed by atoms with Gasteiger partial charge in [-0.05, 0) is 37.1 Å². The molecule has 0 aromatic carbocycles. The maximum Gasteiger partial charge on any atom is 0.158 e.